The summed E-state index contributed by atoms with van der Waals surface area (Å²) in [5, 5.41) is 3.57. The first-order valence-electron chi connectivity index (χ1n) is 8.19. The maximum atomic E-state index is 3.57. The number of hydrogen-bond donors (Lipinski definition) is 1. The largest absolute Gasteiger partial charge is 0.381 e. The van der Waals surface area contributed by atoms with Gasteiger partial charge in [-0.15, -0.1) is 0 Å². The lowest BCUT2D eigenvalue weighted by molar-refractivity contribution is 0.734. The fourth-order valence-corrected chi connectivity index (χ4v) is 2.85. The average Bonchev–Trinajstić information content (AvgIpc) is 3.38. The van der Waals surface area contributed by atoms with Crippen molar-refractivity contribution < 1.29 is 0 Å². The van der Waals surface area contributed by atoms with Crippen molar-refractivity contribution in [1.29, 1.82) is 0 Å². The first-order valence-corrected chi connectivity index (χ1v) is 8.19. The summed E-state index contributed by atoms with van der Waals surface area (Å²) in [5.74, 6) is 1.46. The van der Waals surface area contributed by atoms with Crippen molar-refractivity contribution >= 4 is 5.69 Å². The highest BCUT2D eigenvalue weighted by molar-refractivity contribution is 5.46. The summed E-state index contributed by atoms with van der Waals surface area (Å²) in [7, 11) is 0. The van der Waals surface area contributed by atoms with E-state index < -0.39 is 0 Å². The van der Waals surface area contributed by atoms with Crippen LogP contribution in [-0.2, 0) is 6.54 Å². The zero-order chi connectivity index (χ0) is 14.7. The Morgan fingerprint density at radius 2 is 1.76 bits per heavy atom. The lowest BCUT2D eigenvalue weighted by Crippen LogP contribution is -2.02. The molecule has 0 saturated heterocycles. The molecule has 0 amide bonds. The van der Waals surface area contributed by atoms with Gasteiger partial charge in [0.1, 0.15) is 0 Å². The van der Waals surface area contributed by atoms with Gasteiger partial charge >= 0.3 is 0 Å². The summed E-state index contributed by atoms with van der Waals surface area (Å²) in [4.78, 5) is 0. The maximum Gasteiger partial charge on any atom is 0.0403 e. The second-order valence-electron chi connectivity index (χ2n) is 6.26. The molecule has 0 radical (unpaired) electrons. The molecule has 0 aromatic heterocycles. The van der Waals surface area contributed by atoms with Crippen molar-refractivity contribution in [3.63, 3.8) is 0 Å². The van der Waals surface area contributed by atoms with Crippen LogP contribution in [0.5, 0.6) is 0 Å². The van der Waals surface area contributed by atoms with Gasteiger partial charge in [0.15, 0.2) is 0 Å². The molecule has 1 nitrogen and oxygen atoms in total. The molecule has 1 fully saturated rings. The van der Waals surface area contributed by atoms with E-state index in [1.165, 1.54) is 36.1 Å². The normalized spacial score (nSPS) is 15.7. The average molecular weight is 279 g/mol. The quantitative estimate of drug-likeness (QED) is 0.716. The molecular weight excluding hydrogens is 254 g/mol. The fraction of sp³-hybridized carbons (Fsp3) is 0.400. The Morgan fingerprint density at radius 1 is 1.05 bits per heavy atom. The van der Waals surface area contributed by atoms with E-state index in [0.29, 0.717) is 5.92 Å². The number of anilines is 1. The Balaban J connectivity index is 1.65. The van der Waals surface area contributed by atoms with Gasteiger partial charge in [0.2, 0.25) is 0 Å². The second-order valence-corrected chi connectivity index (χ2v) is 6.26. The first kappa shape index (κ1) is 14.2. The summed E-state index contributed by atoms with van der Waals surface area (Å²) >= 11 is 0. The molecule has 1 saturated carbocycles. The van der Waals surface area contributed by atoms with Crippen molar-refractivity contribution in [2.75, 3.05) is 5.32 Å². The van der Waals surface area contributed by atoms with E-state index in [0.717, 1.165) is 12.5 Å². The van der Waals surface area contributed by atoms with Crippen LogP contribution in [-0.4, -0.2) is 0 Å². The van der Waals surface area contributed by atoms with Gasteiger partial charge in [0.05, 0.1) is 0 Å². The molecule has 3 rings (SSSR count). The zero-order valence-electron chi connectivity index (χ0n) is 13.1. The Kier molecular flexibility index (Phi) is 4.28. The van der Waals surface area contributed by atoms with Crippen LogP contribution in [0.1, 0.15) is 61.6 Å². The van der Waals surface area contributed by atoms with Gasteiger partial charge in [0, 0.05) is 12.2 Å². The molecule has 0 spiro atoms. The topological polar surface area (TPSA) is 12.0 Å². The van der Waals surface area contributed by atoms with Crippen molar-refractivity contribution in [1.82, 2.24) is 0 Å². The van der Waals surface area contributed by atoms with Crippen molar-refractivity contribution in [2.24, 2.45) is 0 Å². The molecule has 2 aromatic carbocycles. The fourth-order valence-electron chi connectivity index (χ4n) is 2.85. The molecule has 1 heteroatoms. The molecule has 1 N–H and O–H groups in total. The zero-order valence-corrected chi connectivity index (χ0v) is 13.1. The Morgan fingerprint density at radius 3 is 2.43 bits per heavy atom. The van der Waals surface area contributed by atoms with Crippen LogP contribution in [0.3, 0.4) is 0 Å². The molecular formula is C20H25N. The van der Waals surface area contributed by atoms with Crippen molar-refractivity contribution in [2.45, 2.75) is 51.5 Å². The van der Waals surface area contributed by atoms with Crippen LogP contribution in [0, 0.1) is 0 Å². The summed E-state index contributed by atoms with van der Waals surface area (Å²) in [5.41, 5.74) is 5.64. The Labute approximate surface area is 128 Å². The van der Waals surface area contributed by atoms with E-state index in [9.17, 15) is 0 Å². The molecule has 110 valence electrons. The van der Waals surface area contributed by atoms with Gasteiger partial charge < -0.3 is 5.32 Å². The molecule has 0 heterocycles. The van der Waals surface area contributed by atoms with Gasteiger partial charge in [0.25, 0.3) is 0 Å². The summed E-state index contributed by atoms with van der Waals surface area (Å²) in [6, 6.07) is 17.8. The van der Waals surface area contributed by atoms with Crippen LogP contribution in [0.4, 0.5) is 5.69 Å². The molecule has 1 aliphatic carbocycles. The van der Waals surface area contributed by atoms with Gasteiger partial charge in [-0.3, -0.25) is 0 Å². The third-order valence-corrected chi connectivity index (χ3v) is 4.65. The van der Waals surface area contributed by atoms with Crippen molar-refractivity contribution in [3.05, 3.63) is 65.2 Å². The second kappa shape index (κ2) is 6.34. The van der Waals surface area contributed by atoms with E-state index >= 15 is 0 Å². The summed E-state index contributed by atoms with van der Waals surface area (Å²) in [6.07, 6.45) is 3.92. The van der Waals surface area contributed by atoms with Gasteiger partial charge in [-0.2, -0.15) is 0 Å². The van der Waals surface area contributed by atoms with Crippen LogP contribution in [0.15, 0.2) is 48.5 Å². The monoisotopic (exact) mass is 279 g/mol. The van der Waals surface area contributed by atoms with E-state index in [2.05, 4.69) is 67.7 Å². The molecule has 0 aliphatic heterocycles. The minimum Gasteiger partial charge on any atom is -0.381 e. The lowest BCUT2D eigenvalue weighted by atomic mass is 9.98. The molecule has 1 aliphatic rings. The molecule has 1 unspecified atom stereocenters. The van der Waals surface area contributed by atoms with E-state index in [-0.39, 0.29) is 0 Å². The number of hydrogen-bond acceptors (Lipinski definition) is 1. The van der Waals surface area contributed by atoms with Crippen LogP contribution in [0.25, 0.3) is 0 Å². The predicted octanol–water partition coefficient (Wildman–Crippen LogP) is 5.69. The lowest BCUT2D eigenvalue weighted by Gasteiger charge is -2.13. The van der Waals surface area contributed by atoms with Crippen LogP contribution < -0.4 is 5.32 Å². The van der Waals surface area contributed by atoms with Crippen LogP contribution in [0.2, 0.25) is 0 Å². The Hall–Kier alpha value is -1.76. The van der Waals surface area contributed by atoms with E-state index in [1.54, 1.807) is 5.56 Å². The molecule has 0 bridgehead atoms. The summed E-state index contributed by atoms with van der Waals surface area (Å²) < 4.78 is 0. The third-order valence-electron chi connectivity index (χ3n) is 4.65. The number of benzene rings is 2. The minimum atomic E-state index is 0.648. The van der Waals surface area contributed by atoms with Gasteiger partial charge in [-0.25, -0.2) is 0 Å². The van der Waals surface area contributed by atoms with E-state index in [1.807, 2.05) is 0 Å². The first-order chi connectivity index (χ1) is 10.3. The van der Waals surface area contributed by atoms with E-state index in [4.69, 9.17) is 0 Å². The molecule has 21 heavy (non-hydrogen) atoms. The minimum absolute atomic E-state index is 0.648. The maximum absolute atomic E-state index is 3.57. The number of rotatable bonds is 6. The highest BCUT2D eigenvalue weighted by Crippen LogP contribution is 2.41. The third kappa shape index (κ3) is 3.47. The molecule has 1 atom stereocenters. The predicted molar refractivity (Wildman–Crippen MR) is 90.9 cm³/mol. The smallest absolute Gasteiger partial charge is 0.0403 e. The summed E-state index contributed by atoms with van der Waals surface area (Å²) in [6.45, 7) is 5.45. The highest BCUT2D eigenvalue weighted by Gasteiger charge is 2.25. The SMILES string of the molecule is CCC(C)c1ccc(NCc2ccccc2C2CC2)cc1. The van der Waals surface area contributed by atoms with Gasteiger partial charge in [-0.1, -0.05) is 50.2 Å². The highest BCUT2D eigenvalue weighted by atomic mass is 14.9. The Bertz CT molecular complexity index is 581. The van der Waals surface area contributed by atoms with Crippen LogP contribution >= 0.6 is 0 Å². The standard InChI is InChI=1S/C20H25N/c1-3-15(2)16-10-12-19(13-11-16)21-14-18-6-4-5-7-20(18)17-8-9-17/h4-7,10-13,15,17,21H,3,8-9,14H2,1-2H3. The van der Waals surface area contributed by atoms with Crippen molar-refractivity contribution in [3.8, 4) is 0 Å². The molecule has 2 aromatic rings. The number of nitrogens with one attached hydrogen (secondary N) is 1. The van der Waals surface area contributed by atoms with Gasteiger partial charge in [-0.05, 0) is 59.9 Å².